The summed E-state index contributed by atoms with van der Waals surface area (Å²) in [4.78, 5) is 11.9. The van der Waals surface area contributed by atoms with Crippen LogP contribution in [0, 0.1) is 5.92 Å². The molecule has 0 aliphatic rings. The van der Waals surface area contributed by atoms with E-state index in [9.17, 15) is 4.79 Å². The number of carbonyl (C=O) groups is 1. The minimum atomic E-state index is 0.126. The molecule has 154 valence electrons. The van der Waals surface area contributed by atoms with E-state index in [1.165, 1.54) is 0 Å². The highest BCUT2D eigenvalue weighted by Gasteiger charge is 2.15. The first-order valence-corrected chi connectivity index (χ1v) is 11.5. The average molecular weight is 423 g/mol. The van der Waals surface area contributed by atoms with Crippen molar-refractivity contribution in [2.24, 2.45) is 5.92 Å². The van der Waals surface area contributed by atoms with E-state index >= 15 is 0 Å². The fourth-order valence-corrected chi connectivity index (χ4v) is 3.95. The lowest BCUT2D eigenvalue weighted by molar-refractivity contribution is -0.121. The Bertz CT molecular complexity index is 748. The molecule has 1 heterocycles. The van der Waals surface area contributed by atoms with Crippen molar-refractivity contribution in [2.45, 2.75) is 64.5 Å². The Morgan fingerprint density at radius 1 is 1.25 bits per heavy atom. The molecular weight excluding hydrogens is 392 g/mol. The van der Waals surface area contributed by atoms with Gasteiger partial charge >= 0.3 is 0 Å². The molecule has 0 spiro atoms. The van der Waals surface area contributed by atoms with Crippen LogP contribution < -0.4 is 5.32 Å². The number of amides is 1. The zero-order valence-electron chi connectivity index (χ0n) is 17.1. The number of nitrogens with zero attached hydrogens (tertiary/aromatic N) is 3. The molecule has 28 heavy (non-hydrogen) atoms. The molecule has 1 amide bonds. The fraction of sp³-hybridized carbons (Fsp3) is 0.571. The Balaban J connectivity index is 2.00. The maximum atomic E-state index is 11.9. The summed E-state index contributed by atoms with van der Waals surface area (Å²) in [5.74, 6) is 2.54. The third-order valence-electron chi connectivity index (χ3n) is 4.26. The zero-order valence-corrected chi connectivity index (χ0v) is 18.7. The minimum Gasteiger partial charge on any atom is -0.356 e. The topological polar surface area (TPSA) is 59.8 Å². The second-order valence-corrected chi connectivity index (χ2v) is 8.82. The summed E-state index contributed by atoms with van der Waals surface area (Å²) < 4.78 is 2.10. The van der Waals surface area contributed by atoms with Crippen molar-refractivity contribution in [3.8, 4) is 5.69 Å². The van der Waals surface area contributed by atoms with Gasteiger partial charge in [-0.25, -0.2) is 0 Å². The summed E-state index contributed by atoms with van der Waals surface area (Å²) in [6.07, 6.45) is 5.37. The van der Waals surface area contributed by atoms with E-state index in [4.69, 9.17) is 11.6 Å². The molecule has 0 unspecified atom stereocenters. The van der Waals surface area contributed by atoms with Crippen molar-refractivity contribution in [1.29, 1.82) is 0 Å². The van der Waals surface area contributed by atoms with Crippen molar-refractivity contribution in [1.82, 2.24) is 20.1 Å². The highest BCUT2D eigenvalue weighted by molar-refractivity contribution is 7.99. The van der Waals surface area contributed by atoms with Crippen LogP contribution in [-0.4, -0.2) is 33.0 Å². The Labute approximate surface area is 177 Å². The van der Waals surface area contributed by atoms with Crippen LogP contribution in [0.4, 0.5) is 0 Å². The number of rotatable bonds is 12. The smallest absolute Gasteiger partial charge is 0.220 e. The van der Waals surface area contributed by atoms with Crippen LogP contribution in [0.5, 0.6) is 0 Å². The van der Waals surface area contributed by atoms with Crippen LogP contribution in [-0.2, 0) is 11.2 Å². The number of unbranched alkanes of at least 4 members (excludes halogenated alkanes) is 2. The van der Waals surface area contributed by atoms with Gasteiger partial charge in [0.05, 0.1) is 5.69 Å². The predicted octanol–water partition coefficient (Wildman–Crippen LogP) is 5.30. The van der Waals surface area contributed by atoms with E-state index in [0.29, 0.717) is 17.4 Å². The summed E-state index contributed by atoms with van der Waals surface area (Å²) in [7, 11) is 0. The molecule has 2 aromatic rings. The number of benzene rings is 1. The quantitative estimate of drug-likeness (QED) is 0.372. The van der Waals surface area contributed by atoms with Crippen LogP contribution in [0.3, 0.4) is 0 Å². The third kappa shape index (κ3) is 7.47. The van der Waals surface area contributed by atoms with Gasteiger partial charge in [-0.1, -0.05) is 56.6 Å². The van der Waals surface area contributed by atoms with Crippen LogP contribution in [0.1, 0.15) is 58.7 Å². The number of thioether (sulfide) groups is 1. The highest BCUT2D eigenvalue weighted by atomic mass is 35.5. The lowest BCUT2D eigenvalue weighted by atomic mass is 10.1. The molecule has 0 fully saturated rings. The zero-order chi connectivity index (χ0) is 20.4. The molecule has 1 aromatic carbocycles. The highest BCUT2D eigenvalue weighted by Crippen LogP contribution is 2.25. The van der Waals surface area contributed by atoms with Crippen molar-refractivity contribution in [3.05, 3.63) is 35.1 Å². The lowest BCUT2D eigenvalue weighted by Gasteiger charge is -2.11. The maximum absolute atomic E-state index is 11.9. The number of carbonyl (C=O) groups excluding carboxylic acids is 1. The summed E-state index contributed by atoms with van der Waals surface area (Å²) in [5.41, 5.74) is 0.987. The van der Waals surface area contributed by atoms with Gasteiger partial charge in [-0.3, -0.25) is 9.36 Å². The number of halogens is 1. The van der Waals surface area contributed by atoms with Gasteiger partial charge in [-0.15, -0.1) is 10.2 Å². The summed E-state index contributed by atoms with van der Waals surface area (Å²) in [6, 6.07) is 7.79. The van der Waals surface area contributed by atoms with Gasteiger partial charge in [0.2, 0.25) is 5.91 Å². The number of aromatic nitrogens is 3. The second kappa shape index (κ2) is 12.1. The number of nitrogens with one attached hydrogen (secondary N) is 1. The molecule has 0 radical (unpaired) electrons. The number of aryl methyl sites for hydroxylation is 1. The number of hydrogen-bond acceptors (Lipinski definition) is 4. The summed E-state index contributed by atoms with van der Waals surface area (Å²) in [5, 5.41) is 13.4. The maximum Gasteiger partial charge on any atom is 0.220 e. The van der Waals surface area contributed by atoms with Crippen molar-refractivity contribution in [3.63, 3.8) is 0 Å². The Morgan fingerprint density at radius 3 is 2.79 bits per heavy atom. The first-order valence-electron chi connectivity index (χ1n) is 10.1. The van der Waals surface area contributed by atoms with Gasteiger partial charge < -0.3 is 5.32 Å². The Morgan fingerprint density at radius 2 is 2.07 bits per heavy atom. The van der Waals surface area contributed by atoms with Gasteiger partial charge in [0, 0.05) is 30.2 Å². The molecule has 1 N–H and O–H groups in total. The fourth-order valence-electron chi connectivity index (χ4n) is 2.71. The average Bonchev–Trinajstić information content (AvgIpc) is 3.06. The van der Waals surface area contributed by atoms with Crippen molar-refractivity contribution in [2.75, 3.05) is 12.3 Å². The Hall–Kier alpha value is -1.53. The van der Waals surface area contributed by atoms with Crippen molar-refractivity contribution < 1.29 is 4.79 Å². The molecule has 0 aliphatic heterocycles. The summed E-state index contributed by atoms with van der Waals surface area (Å²) in [6.45, 7) is 7.11. The van der Waals surface area contributed by atoms with E-state index in [1.807, 2.05) is 24.3 Å². The predicted molar refractivity (Wildman–Crippen MR) is 117 cm³/mol. The van der Waals surface area contributed by atoms with Crippen LogP contribution in [0.15, 0.2) is 29.4 Å². The molecule has 0 saturated heterocycles. The molecule has 0 saturated carbocycles. The van der Waals surface area contributed by atoms with E-state index in [0.717, 1.165) is 61.1 Å². The first-order chi connectivity index (χ1) is 13.5. The lowest BCUT2D eigenvalue weighted by Crippen LogP contribution is -2.26. The molecule has 0 bridgehead atoms. The first kappa shape index (κ1) is 22.8. The normalized spacial score (nSPS) is 11.2. The van der Waals surface area contributed by atoms with Gasteiger partial charge in [-0.2, -0.15) is 0 Å². The van der Waals surface area contributed by atoms with Crippen LogP contribution >= 0.6 is 23.4 Å². The Kier molecular flexibility index (Phi) is 9.85. The van der Waals surface area contributed by atoms with E-state index < -0.39 is 0 Å². The SMILES string of the molecule is CCCCSc1nnc(CCCCC(=O)NCC(C)C)n1-c1cccc(Cl)c1. The van der Waals surface area contributed by atoms with Gasteiger partial charge in [-0.05, 0) is 43.4 Å². The van der Waals surface area contributed by atoms with E-state index in [1.54, 1.807) is 11.8 Å². The largest absolute Gasteiger partial charge is 0.356 e. The van der Waals surface area contributed by atoms with E-state index in [2.05, 4.69) is 40.9 Å². The standard InChI is InChI=1S/C21H31ClN4OS/c1-4-5-13-28-21-25-24-19(26(21)18-10-8-9-17(22)14-18)11-6-7-12-20(27)23-15-16(2)3/h8-10,14,16H,4-7,11-13,15H2,1-3H3,(H,23,27). The molecular formula is C21H31ClN4OS. The minimum absolute atomic E-state index is 0.126. The van der Waals surface area contributed by atoms with E-state index in [-0.39, 0.29) is 5.91 Å². The third-order valence-corrected chi connectivity index (χ3v) is 5.51. The monoisotopic (exact) mass is 422 g/mol. The second-order valence-electron chi connectivity index (χ2n) is 7.32. The molecule has 5 nitrogen and oxygen atoms in total. The number of hydrogen-bond donors (Lipinski definition) is 1. The molecule has 0 aliphatic carbocycles. The molecule has 0 atom stereocenters. The molecule has 1 aromatic heterocycles. The molecule has 2 rings (SSSR count). The molecule has 7 heteroatoms. The summed E-state index contributed by atoms with van der Waals surface area (Å²) >= 11 is 7.93. The van der Waals surface area contributed by atoms with Crippen LogP contribution in [0.2, 0.25) is 5.02 Å². The van der Waals surface area contributed by atoms with Gasteiger partial charge in [0.25, 0.3) is 0 Å². The van der Waals surface area contributed by atoms with Crippen LogP contribution in [0.25, 0.3) is 5.69 Å². The van der Waals surface area contributed by atoms with Gasteiger partial charge in [0.1, 0.15) is 5.82 Å². The van der Waals surface area contributed by atoms with Gasteiger partial charge in [0.15, 0.2) is 5.16 Å². The van der Waals surface area contributed by atoms with Crippen molar-refractivity contribution >= 4 is 29.3 Å².